The molecule has 282 valence electrons. The molecule has 0 spiro atoms. The van der Waals surface area contributed by atoms with E-state index in [0.29, 0.717) is 48.1 Å². The fourth-order valence-electron chi connectivity index (χ4n) is 4.64. The van der Waals surface area contributed by atoms with E-state index in [9.17, 15) is 24.0 Å². The highest BCUT2D eigenvalue weighted by atomic mass is 16.6. The van der Waals surface area contributed by atoms with Crippen molar-refractivity contribution >= 4 is 35.4 Å². The van der Waals surface area contributed by atoms with Crippen molar-refractivity contribution in [1.82, 2.24) is 0 Å². The fourth-order valence-corrected chi connectivity index (χ4v) is 4.64. The van der Waals surface area contributed by atoms with E-state index in [2.05, 4.69) is 9.58 Å². The summed E-state index contributed by atoms with van der Waals surface area (Å²) in [6, 6.07) is 16.2. The molecule has 0 aliphatic carbocycles. The first-order valence-corrected chi connectivity index (χ1v) is 17.2. The highest BCUT2D eigenvalue weighted by molar-refractivity contribution is 6.03. The highest BCUT2D eigenvalue weighted by Crippen LogP contribution is 2.30. The standard InChI is InChI=1S/C40H51NO11/c1-39(2,25-49-33(43)18-12-11-17-32(42)48-7)26-50-34(44)19-13-14-20-35(45)51-27-40(3,4)28-52-38(46)37(41-5)36(29-15-9-8-10-16-29)30-21-23-31(47-6)24-22-30/h8-10,15-16,21-24H,11-14,17-20,25-28H2,1-4,6-7H3. The molecule has 0 bridgehead atoms. The van der Waals surface area contributed by atoms with Crippen LogP contribution in [0, 0.1) is 17.4 Å². The summed E-state index contributed by atoms with van der Waals surface area (Å²) in [5, 5.41) is 0. The average molecular weight is 722 g/mol. The van der Waals surface area contributed by atoms with Gasteiger partial charge >= 0.3 is 29.8 Å². The molecule has 0 atom stereocenters. The number of hydrogen-bond acceptors (Lipinski definition) is 11. The second kappa shape index (κ2) is 21.9. The van der Waals surface area contributed by atoms with Crippen LogP contribution in [0.25, 0.3) is 10.4 Å². The Balaban J connectivity index is 1.75. The number of unbranched alkanes of at least 4 members (excludes halogenated alkanes) is 2. The van der Waals surface area contributed by atoms with Gasteiger partial charge in [-0.05, 0) is 48.9 Å². The van der Waals surface area contributed by atoms with Gasteiger partial charge in [-0.3, -0.25) is 24.0 Å². The van der Waals surface area contributed by atoms with Crippen LogP contribution in [0.4, 0.5) is 0 Å². The third-order valence-electron chi connectivity index (χ3n) is 7.70. The van der Waals surface area contributed by atoms with Crippen molar-refractivity contribution in [2.45, 2.75) is 79.1 Å². The van der Waals surface area contributed by atoms with Crippen molar-refractivity contribution < 1.29 is 52.4 Å². The zero-order valence-electron chi connectivity index (χ0n) is 31.1. The minimum atomic E-state index is -0.788. The SMILES string of the molecule is [C-]#[N+]C(C(=O)OCC(C)(C)COC(=O)CCCCC(=O)OCC(C)(C)COC(=O)CCCCC(=O)OC)=C(c1ccccc1)c1ccc(OC)cc1. The van der Waals surface area contributed by atoms with E-state index in [1.165, 1.54) is 7.11 Å². The van der Waals surface area contributed by atoms with Gasteiger partial charge in [-0.1, -0.05) is 70.2 Å². The first-order valence-electron chi connectivity index (χ1n) is 17.2. The maximum absolute atomic E-state index is 13.2. The summed E-state index contributed by atoms with van der Waals surface area (Å²) in [6.07, 6.45) is 2.51. The Morgan fingerprint density at radius 3 is 1.38 bits per heavy atom. The first-order chi connectivity index (χ1) is 24.7. The summed E-state index contributed by atoms with van der Waals surface area (Å²) in [5.74, 6) is -1.73. The van der Waals surface area contributed by atoms with E-state index >= 15 is 0 Å². The van der Waals surface area contributed by atoms with Crippen LogP contribution in [-0.2, 0) is 47.7 Å². The second-order valence-corrected chi connectivity index (χ2v) is 13.8. The predicted octanol–water partition coefficient (Wildman–Crippen LogP) is 6.89. The van der Waals surface area contributed by atoms with Crippen molar-refractivity contribution in [3.63, 3.8) is 0 Å². The lowest BCUT2D eigenvalue weighted by atomic mass is 9.95. The summed E-state index contributed by atoms with van der Waals surface area (Å²) in [5.41, 5.74) is 0.275. The van der Waals surface area contributed by atoms with Crippen molar-refractivity contribution in [2.75, 3.05) is 40.6 Å². The van der Waals surface area contributed by atoms with Crippen LogP contribution in [0.1, 0.15) is 90.2 Å². The van der Waals surface area contributed by atoms with Gasteiger partial charge in [0.2, 0.25) is 0 Å². The van der Waals surface area contributed by atoms with Crippen LogP contribution in [0.3, 0.4) is 0 Å². The highest BCUT2D eigenvalue weighted by Gasteiger charge is 2.27. The topological polar surface area (TPSA) is 145 Å². The number of carbonyl (C=O) groups excluding carboxylic acids is 5. The lowest BCUT2D eigenvalue weighted by Crippen LogP contribution is -2.29. The number of hydrogen-bond donors (Lipinski definition) is 0. The maximum atomic E-state index is 13.2. The monoisotopic (exact) mass is 721 g/mol. The molecule has 0 aromatic heterocycles. The Hall–Kier alpha value is -5.18. The third-order valence-corrected chi connectivity index (χ3v) is 7.70. The number of nitrogens with zero attached hydrogens (tertiary/aromatic N) is 1. The zero-order chi connectivity index (χ0) is 38.6. The molecule has 2 rings (SSSR count). The van der Waals surface area contributed by atoms with Gasteiger partial charge in [0.25, 0.3) is 5.70 Å². The van der Waals surface area contributed by atoms with E-state index in [-0.39, 0.29) is 69.7 Å². The van der Waals surface area contributed by atoms with E-state index in [0.717, 1.165) is 0 Å². The quantitative estimate of drug-likeness (QED) is 0.0412. The van der Waals surface area contributed by atoms with E-state index in [4.69, 9.17) is 30.3 Å². The Morgan fingerprint density at radius 1 is 0.577 bits per heavy atom. The Bertz CT molecular complexity index is 1550. The van der Waals surface area contributed by atoms with Crippen LogP contribution >= 0.6 is 0 Å². The van der Waals surface area contributed by atoms with Gasteiger partial charge in [-0.2, -0.15) is 0 Å². The van der Waals surface area contributed by atoms with Crippen LogP contribution in [0.2, 0.25) is 0 Å². The van der Waals surface area contributed by atoms with Gasteiger partial charge in [0.05, 0.1) is 47.2 Å². The van der Waals surface area contributed by atoms with Gasteiger partial charge in [-0.15, -0.1) is 0 Å². The van der Waals surface area contributed by atoms with Crippen molar-refractivity contribution in [3.8, 4) is 5.75 Å². The molecule has 0 radical (unpaired) electrons. The van der Waals surface area contributed by atoms with Crippen LogP contribution in [0.15, 0.2) is 60.3 Å². The molecular weight excluding hydrogens is 670 g/mol. The summed E-state index contributed by atoms with van der Waals surface area (Å²) in [4.78, 5) is 64.6. The molecule has 0 amide bonds. The van der Waals surface area contributed by atoms with Crippen LogP contribution in [0.5, 0.6) is 5.75 Å². The fraction of sp³-hybridized carbons (Fsp3) is 0.500. The lowest BCUT2D eigenvalue weighted by Gasteiger charge is -2.24. The number of esters is 5. The lowest BCUT2D eigenvalue weighted by molar-refractivity contribution is -0.154. The molecule has 52 heavy (non-hydrogen) atoms. The minimum Gasteiger partial charge on any atom is -0.497 e. The van der Waals surface area contributed by atoms with Crippen molar-refractivity contribution in [3.05, 3.63) is 82.8 Å². The second-order valence-electron chi connectivity index (χ2n) is 13.8. The molecule has 2 aromatic rings. The van der Waals surface area contributed by atoms with Gasteiger partial charge in [0, 0.05) is 42.1 Å². The predicted molar refractivity (Wildman–Crippen MR) is 192 cm³/mol. The summed E-state index contributed by atoms with van der Waals surface area (Å²) >= 11 is 0. The molecule has 0 aliphatic rings. The molecule has 0 heterocycles. The maximum Gasteiger partial charge on any atom is 0.336 e. The number of ether oxygens (including phenoxy) is 6. The van der Waals surface area contributed by atoms with Crippen molar-refractivity contribution in [1.29, 1.82) is 0 Å². The number of rotatable bonds is 22. The van der Waals surface area contributed by atoms with Gasteiger partial charge in [-0.25, -0.2) is 4.85 Å². The smallest absolute Gasteiger partial charge is 0.336 e. The van der Waals surface area contributed by atoms with Crippen LogP contribution < -0.4 is 4.74 Å². The van der Waals surface area contributed by atoms with E-state index in [1.807, 2.05) is 44.2 Å². The molecule has 12 heteroatoms. The van der Waals surface area contributed by atoms with Crippen LogP contribution in [-0.4, -0.2) is 70.5 Å². The summed E-state index contributed by atoms with van der Waals surface area (Å²) < 4.78 is 31.5. The first kappa shape index (κ1) is 43.0. The van der Waals surface area contributed by atoms with Gasteiger partial charge in [0.1, 0.15) is 5.75 Å². The molecule has 0 fully saturated rings. The minimum absolute atomic E-state index is 0.0185. The molecule has 0 saturated heterocycles. The molecule has 2 aromatic carbocycles. The molecule has 0 saturated carbocycles. The molecule has 0 N–H and O–H groups in total. The van der Waals surface area contributed by atoms with Crippen molar-refractivity contribution in [2.24, 2.45) is 10.8 Å². The third kappa shape index (κ3) is 16.2. The van der Waals surface area contributed by atoms with Gasteiger partial charge < -0.3 is 28.4 Å². The summed E-state index contributed by atoms with van der Waals surface area (Å²) in [6.45, 7) is 15.0. The largest absolute Gasteiger partial charge is 0.497 e. The Morgan fingerprint density at radius 2 is 0.981 bits per heavy atom. The Labute approximate surface area is 306 Å². The molecular formula is C40H51NO11. The number of benzene rings is 2. The number of methoxy groups -OCH3 is 2. The summed E-state index contributed by atoms with van der Waals surface area (Å²) in [7, 11) is 2.87. The average Bonchev–Trinajstić information content (AvgIpc) is 3.14. The normalized spacial score (nSPS) is 11.7. The Kier molecular flexibility index (Phi) is 18.1. The molecule has 0 unspecified atom stereocenters. The molecule has 12 nitrogen and oxygen atoms in total. The van der Waals surface area contributed by atoms with E-state index in [1.54, 1.807) is 45.2 Å². The number of carbonyl (C=O) groups is 5. The zero-order valence-corrected chi connectivity index (χ0v) is 31.1. The molecule has 0 aliphatic heterocycles. The van der Waals surface area contributed by atoms with E-state index < -0.39 is 28.7 Å². The van der Waals surface area contributed by atoms with Gasteiger partial charge in [0.15, 0.2) is 0 Å².